The number of thiophene rings is 1. The van der Waals surface area contributed by atoms with Gasteiger partial charge in [-0.3, -0.25) is 9.69 Å². The maximum Gasteiger partial charge on any atom is 0.264 e. The number of nitrogens with one attached hydrogen (secondary N) is 1. The lowest BCUT2D eigenvalue weighted by molar-refractivity contribution is 0.0592. The summed E-state index contributed by atoms with van der Waals surface area (Å²) in [6, 6.07) is 0.553. The number of hydrogen-bond acceptors (Lipinski definition) is 8. The van der Waals surface area contributed by atoms with Crippen LogP contribution in [0.15, 0.2) is 6.33 Å². The lowest BCUT2D eigenvalue weighted by Crippen LogP contribution is -2.52. The normalized spacial score (nSPS) is 24.8. The lowest BCUT2D eigenvalue weighted by Gasteiger charge is -2.37. The van der Waals surface area contributed by atoms with Crippen LogP contribution in [0.5, 0.6) is 0 Å². The van der Waals surface area contributed by atoms with Gasteiger partial charge in [0.05, 0.1) is 21.8 Å². The molecule has 0 unspecified atom stereocenters. The van der Waals surface area contributed by atoms with Crippen molar-refractivity contribution in [2.75, 3.05) is 43.0 Å². The van der Waals surface area contributed by atoms with E-state index in [1.807, 2.05) is 11.8 Å². The molecule has 4 heterocycles. The second kappa shape index (κ2) is 8.29. The molecule has 3 aliphatic rings. The van der Waals surface area contributed by atoms with Crippen molar-refractivity contribution in [2.24, 2.45) is 0 Å². The zero-order valence-corrected chi connectivity index (χ0v) is 19.5. The van der Waals surface area contributed by atoms with Gasteiger partial charge in [0.1, 0.15) is 17.0 Å². The molecule has 10 heteroatoms. The summed E-state index contributed by atoms with van der Waals surface area (Å²) in [6.45, 7) is 4.70. The van der Waals surface area contributed by atoms with E-state index in [9.17, 15) is 13.2 Å². The predicted molar refractivity (Wildman–Crippen MR) is 123 cm³/mol. The van der Waals surface area contributed by atoms with Crippen LogP contribution in [0.2, 0.25) is 0 Å². The van der Waals surface area contributed by atoms with Crippen LogP contribution in [-0.4, -0.2) is 83.9 Å². The number of carbonyl (C=O) groups is 1. The molecule has 2 aliphatic heterocycles. The number of rotatable bonds is 4. The average Bonchev–Trinajstić information content (AvgIpc) is 3.48. The van der Waals surface area contributed by atoms with E-state index in [0.717, 1.165) is 52.4 Å². The minimum absolute atomic E-state index is 0.0472. The number of piperazine rings is 1. The second-order valence-corrected chi connectivity index (χ2v) is 12.2. The molecule has 2 saturated heterocycles. The van der Waals surface area contributed by atoms with Crippen molar-refractivity contribution in [3.63, 3.8) is 0 Å². The molecule has 8 nitrogen and oxygen atoms in total. The van der Waals surface area contributed by atoms with Crippen LogP contribution >= 0.6 is 11.3 Å². The number of aryl methyl sites for hydroxylation is 1. The first kappa shape index (κ1) is 21.1. The molecule has 0 bridgehead atoms. The summed E-state index contributed by atoms with van der Waals surface area (Å²) in [5, 5.41) is 4.54. The summed E-state index contributed by atoms with van der Waals surface area (Å²) in [5.74, 6) is 1.44. The molecule has 0 spiro atoms. The third-order valence-corrected chi connectivity index (χ3v) is 9.88. The van der Waals surface area contributed by atoms with Crippen LogP contribution in [0.4, 0.5) is 5.82 Å². The van der Waals surface area contributed by atoms with E-state index in [1.54, 1.807) is 6.33 Å². The van der Waals surface area contributed by atoms with Crippen LogP contribution in [0.1, 0.15) is 47.3 Å². The van der Waals surface area contributed by atoms with Crippen LogP contribution in [0.3, 0.4) is 0 Å². The molecule has 5 rings (SSSR count). The van der Waals surface area contributed by atoms with E-state index in [4.69, 9.17) is 0 Å². The molecule has 0 radical (unpaired) electrons. The van der Waals surface area contributed by atoms with Crippen LogP contribution < -0.4 is 5.32 Å². The minimum atomic E-state index is -2.89. The highest BCUT2D eigenvalue weighted by atomic mass is 32.2. The smallest absolute Gasteiger partial charge is 0.264 e. The summed E-state index contributed by atoms with van der Waals surface area (Å²) >= 11 is 1.45. The first-order valence-electron chi connectivity index (χ1n) is 11.2. The Hall–Kier alpha value is -1.78. The van der Waals surface area contributed by atoms with Crippen LogP contribution in [-0.2, 0) is 9.84 Å². The fourth-order valence-corrected chi connectivity index (χ4v) is 8.02. The third-order valence-electron chi connectivity index (χ3n) is 6.94. The van der Waals surface area contributed by atoms with Crippen molar-refractivity contribution in [2.45, 2.75) is 51.1 Å². The van der Waals surface area contributed by atoms with Gasteiger partial charge in [0.2, 0.25) is 0 Å². The Labute approximate surface area is 187 Å². The van der Waals surface area contributed by atoms with E-state index in [-0.39, 0.29) is 23.5 Å². The van der Waals surface area contributed by atoms with Gasteiger partial charge in [-0.2, -0.15) is 0 Å². The SMILES string of the molecule is Cc1c(C(=O)N2CCN([C@@H]3CCS(=O)(=O)C3)CC2)sc2ncnc(NC3CCCC3)c12. The molecule has 1 aliphatic carbocycles. The maximum absolute atomic E-state index is 13.3. The number of aromatic nitrogens is 2. The van der Waals surface area contributed by atoms with E-state index in [1.165, 1.54) is 24.2 Å². The van der Waals surface area contributed by atoms with Gasteiger partial charge < -0.3 is 10.2 Å². The van der Waals surface area contributed by atoms with Gasteiger partial charge >= 0.3 is 0 Å². The first-order chi connectivity index (χ1) is 14.9. The van der Waals surface area contributed by atoms with Crippen molar-refractivity contribution in [1.29, 1.82) is 0 Å². The van der Waals surface area contributed by atoms with Crippen LogP contribution in [0.25, 0.3) is 10.2 Å². The third kappa shape index (κ3) is 4.17. The lowest BCUT2D eigenvalue weighted by atomic mass is 10.1. The van der Waals surface area contributed by atoms with Gasteiger partial charge in [-0.05, 0) is 31.7 Å². The highest BCUT2D eigenvalue weighted by Crippen LogP contribution is 2.35. The Kier molecular flexibility index (Phi) is 5.64. The van der Waals surface area contributed by atoms with Crippen molar-refractivity contribution in [3.8, 4) is 0 Å². The van der Waals surface area contributed by atoms with E-state index < -0.39 is 9.84 Å². The molecule has 1 saturated carbocycles. The van der Waals surface area contributed by atoms with Crippen LogP contribution in [0, 0.1) is 6.92 Å². The first-order valence-corrected chi connectivity index (χ1v) is 13.8. The van der Waals surface area contributed by atoms with E-state index >= 15 is 0 Å². The summed E-state index contributed by atoms with van der Waals surface area (Å²) in [5.41, 5.74) is 0.954. The molecule has 1 N–H and O–H groups in total. The predicted octanol–water partition coefficient (Wildman–Crippen LogP) is 2.30. The summed E-state index contributed by atoms with van der Waals surface area (Å²) < 4.78 is 23.6. The average molecular weight is 464 g/mol. The van der Waals surface area contributed by atoms with Gasteiger partial charge in [-0.15, -0.1) is 11.3 Å². The van der Waals surface area contributed by atoms with E-state index in [0.29, 0.717) is 25.6 Å². The van der Waals surface area contributed by atoms with Gasteiger partial charge in [0.15, 0.2) is 9.84 Å². The molecule has 1 atom stereocenters. The Bertz CT molecular complexity index is 1090. The summed E-state index contributed by atoms with van der Waals surface area (Å²) in [4.78, 5) is 28.0. The highest BCUT2D eigenvalue weighted by molar-refractivity contribution is 7.91. The summed E-state index contributed by atoms with van der Waals surface area (Å²) in [7, 11) is -2.89. The Morgan fingerprint density at radius 1 is 1.13 bits per heavy atom. The standard InChI is InChI=1S/C21H29N5O3S2/c1-14-17-19(24-15-4-2-3-5-15)22-13-23-20(17)30-18(14)21(27)26-9-7-25(8-10-26)16-6-11-31(28,29)12-16/h13,15-16H,2-12H2,1H3,(H,22,23,24)/t16-/m1/s1. The topological polar surface area (TPSA) is 95.5 Å². The van der Waals surface area contributed by atoms with E-state index in [2.05, 4.69) is 20.2 Å². The van der Waals surface area contributed by atoms with Gasteiger partial charge in [-0.25, -0.2) is 18.4 Å². The van der Waals surface area contributed by atoms with Crippen molar-refractivity contribution >= 4 is 43.1 Å². The Morgan fingerprint density at radius 3 is 2.55 bits per heavy atom. The molecular formula is C21H29N5O3S2. The number of fused-ring (bicyclic) bond motifs is 1. The molecule has 1 amide bonds. The number of amides is 1. The zero-order valence-electron chi connectivity index (χ0n) is 17.8. The number of nitrogens with zero attached hydrogens (tertiary/aromatic N) is 4. The molecule has 2 aromatic heterocycles. The zero-order chi connectivity index (χ0) is 21.6. The van der Waals surface area contributed by atoms with Crippen molar-refractivity contribution in [1.82, 2.24) is 19.8 Å². The monoisotopic (exact) mass is 463 g/mol. The van der Waals surface area contributed by atoms with Gasteiger partial charge in [0, 0.05) is 38.3 Å². The fourth-order valence-electron chi connectivity index (χ4n) is 5.15. The molecule has 2 aromatic rings. The number of sulfone groups is 1. The van der Waals surface area contributed by atoms with Gasteiger partial charge in [0.25, 0.3) is 5.91 Å². The second-order valence-electron chi connectivity index (χ2n) is 8.97. The van der Waals surface area contributed by atoms with Gasteiger partial charge in [-0.1, -0.05) is 12.8 Å². The fraction of sp³-hybridized carbons (Fsp3) is 0.667. The number of hydrogen-bond donors (Lipinski definition) is 1. The quantitative estimate of drug-likeness (QED) is 0.743. The largest absolute Gasteiger partial charge is 0.367 e. The maximum atomic E-state index is 13.3. The Balaban J connectivity index is 1.30. The molecule has 3 fully saturated rings. The molecular weight excluding hydrogens is 434 g/mol. The van der Waals surface area contributed by atoms with Crippen molar-refractivity contribution in [3.05, 3.63) is 16.8 Å². The minimum Gasteiger partial charge on any atom is -0.367 e. The highest BCUT2D eigenvalue weighted by Gasteiger charge is 2.35. The summed E-state index contributed by atoms with van der Waals surface area (Å²) in [6.07, 6.45) is 7.10. The molecule has 31 heavy (non-hydrogen) atoms. The number of carbonyl (C=O) groups excluding carboxylic acids is 1. The molecule has 168 valence electrons. The number of anilines is 1. The molecule has 0 aromatic carbocycles. The van der Waals surface area contributed by atoms with Crippen molar-refractivity contribution < 1.29 is 13.2 Å². The Morgan fingerprint density at radius 2 is 1.87 bits per heavy atom.